The number of hydrogen-bond donors (Lipinski definition) is 0. The van der Waals surface area contributed by atoms with Crippen LogP contribution in [0.25, 0.3) is 22.2 Å². The van der Waals surface area contributed by atoms with E-state index in [1.807, 2.05) is 0 Å². The van der Waals surface area contributed by atoms with Gasteiger partial charge in [0.05, 0.1) is 17.8 Å². The Balaban J connectivity index is 1.42. The van der Waals surface area contributed by atoms with Gasteiger partial charge in [0.15, 0.2) is 0 Å². The number of aromatic nitrogens is 2. The number of Topliss-reactive ketones (excluding diaryl/α,β-unsaturated/α-hetero) is 1. The Hall–Kier alpha value is -3.64. The monoisotopic (exact) mass is 535 g/mol. The van der Waals surface area contributed by atoms with Crippen molar-refractivity contribution >= 4 is 26.8 Å². The van der Waals surface area contributed by atoms with Gasteiger partial charge in [0.25, 0.3) is 10.0 Å². The van der Waals surface area contributed by atoms with E-state index in [2.05, 4.69) is 9.97 Å². The molecule has 4 rings (SSSR count). The number of alkyl halides is 3. The van der Waals surface area contributed by atoms with Crippen molar-refractivity contribution in [2.45, 2.75) is 31.0 Å². The van der Waals surface area contributed by atoms with Crippen molar-refractivity contribution in [3.63, 3.8) is 0 Å². The van der Waals surface area contributed by atoms with Crippen molar-refractivity contribution < 1.29 is 35.2 Å². The summed E-state index contributed by atoms with van der Waals surface area (Å²) in [5, 5.41) is -0.103. The molecule has 0 unspecified atom stereocenters. The highest BCUT2D eigenvalue weighted by Gasteiger charge is 2.30. The molecule has 37 heavy (non-hydrogen) atoms. The lowest BCUT2D eigenvalue weighted by molar-refractivity contribution is -0.137. The number of rotatable bonds is 9. The molecular formula is C25H21F4N3O4S. The van der Waals surface area contributed by atoms with E-state index in [1.165, 1.54) is 30.6 Å². The van der Waals surface area contributed by atoms with Crippen LogP contribution in [0.5, 0.6) is 0 Å². The fourth-order valence-corrected chi connectivity index (χ4v) is 5.06. The van der Waals surface area contributed by atoms with Crippen molar-refractivity contribution in [1.29, 1.82) is 0 Å². The lowest BCUT2D eigenvalue weighted by atomic mass is 10.1. The van der Waals surface area contributed by atoms with Crippen molar-refractivity contribution in [3.8, 4) is 11.3 Å². The molecule has 0 aliphatic carbocycles. The average molecular weight is 536 g/mol. The minimum atomic E-state index is -4.45. The molecule has 0 saturated carbocycles. The number of carbonyl (C=O) groups is 1. The number of sulfonamides is 1. The largest absolute Gasteiger partial charge is 0.443 e. The summed E-state index contributed by atoms with van der Waals surface area (Å²) in [6, 6.07) is 10.9. The van der Waals surface area contributed by atoms with E-state index in [9.17, 15) is 30.8 Å². The highest BCUT2D eigenvalue weighted by atomic mass is 32.2. The van der Waals surface area contributed by atoms with Crippen molar-refractivity contribution in [2.24, 2.45) is 0 Å². The first-order chi connectivity index (χ1) is 17.5. The molecule has 0 saturated heterocycles. The Labute approximate surface area is 209 Å². The Morgan fingerprint density at radius 2 is 1.76 bits per heavy atom. The first kappa shape index (κ1) is 26.4. The van der Waals surface area contributed by atoms with Crippen molar-refractivity contribution in [1.82, 2.24) is 14.3 Å². The second-order valence-electron chi connectivity index (χ2n) is 8.19. The van der Waals surface area contributed by atoms with Gasteiger partial charge < -0.3 is 4.42 Å². The topological polar surface area (TPSA) is 93.4 Å². The Kier molecular flexibility index (Phi) is 7.42. The van der Waals surface area contributed by atoms with Gasteiger partial charge in [-0.1, -0.05) is 19.1 Å². The van der Waals surface area contributed by atoms with E-state index < -0.39 is 34.1 Å². The summed E-state index contributed by atoms with van der Waals surface area (Å²) >= 11 is 0. The maximum absolute atomic E-state index is 13.4. The lowest BCUT2D eigenvalue weighted by Gasteiger charge is -2.18. The van der Waals surface area contributed by atoms with Crippen LogP contribution in [0.3, 0.4) is 0 Å². The van der Waals surface area contributed by atoms with E-state index >= 15 is 0 Å². The maximum Gasteiger partial charge on any atom is 0.416 e. The summed E-state index contributed by atoms with van der Waals surface area (Å²) in [6.45, 7) is 1.18. The number of ketones is 1. The normalized spacial score (nSPS) is 12.4. The van der Waals surface area contributed by atoms with Gasteiger partial charge in [0.1, 0.15) is 23.5 Å². The summed E-state index contributed by atoms with van der Waals surface area (Å²) in [7, 11) is -4.14. The molecule has 0 spiro atoms. The molecule has 0 radical (unpaired) electrons. The molecule has 7 nitrogen and oxygen atoms in total. The molecule has 0 fully saturated rings. The average Bonchev–Trinajstić information content (AvgIpc) is 3.30. The van der Waals surface area contributed by atoms with E-state index in [-0.39, 0.29) is 41.2 Å². The quantitative estimate of drug-likeness (QED) is 0.272. The second-order valence-corrected chi connectivity index (χ2v) is 10.1. The van der Waals surface area contributed by atoms with Crippen LogP contribution >= 0.6 is 0 Å². The van der Waals surface area contributed by atoms with Crippen LogP contribution in [0.1, 0.15) is 24.6 Å². The van der Waals surface area contributed by atoms with Crippen molar-refractivity contribution in [3.05, 3.63) is 78.0 Å². The fraction of sp³-hybridized carbons (Fsp3) is 0.240. The van der Waals surface area contributed by atoms with Crippen molar-refractivity contribution in [2.75, 3.05) is 13.1 Å². The predicted octanol–water partition coefficient (Wildman–Crippen LogP) is 5.26. The summed E-state index contributed by atoms with van der Waals surface area (Å²) < 4.78 is 84.2. The summed E-state index contributed by atoms with van der Waals surface area (Å²) in [6.07, 6.45) is -3.05. The van der Waals surface area contributed by atoms with Gasteiger partial charge in [-0.25, -0.2) is 22.8 Å². The number of aryl methyl sites for hydroxylation is 1. The first-order valence-corrected chi connectivity index (χ1v) is 12.6. The van der Waals surface area contributed by atoms with Gasteiger partial charge >= 0.3 is 6.18 Å². The van der Waals surface area contributed by atoms with E-state index in [4.69, 9.17) is 4.42 Å². The van der Waals surface area contributed by atoms with Gasteiger partial charge in [0, 0.05) is 35.7 Å². The zero-order valence-electron chi connectivity index (χ0n) is 19.5. The number of hydrogen-bond acceptors (Lipinski definition) is 6. The van der Waals surface area contributed by atoms with Gasteiger partial charge in [-0.2, -0.15) is 17.5 Å². The first-order valence-electron chi connectivity index (χ1n) is 11.2. The molecule has 0 aliphatic rings. The van der Waals surface area contributed by atoms with Gasteiger partial charge in [-0.05, 0) is 42.8 Å². The van der Waals surface area contributed by atoms with Gasteiger partial charge in [-0.15, -0.1) is 0 Å². The van der Waals surface area contributed by atoms with Crippen LogP contribution in [0.15, 0.2) is 70.4 Å². The predicted molar refractivity (Wildman–Crippen MR) is 126 cm³/mol. The van der Waals surface area contributed by atoms with Gasteiger partial charge in [0.2, 0.25) is 5.09 Å². The third kappa shape index (κ3) is 6.03. The molecule has 0 N–H and O–H groups in total. The smallest absolute Gasteiger partial charge is 0.416 e. The zero-order chi connectivity index (χ0) is 26.8. The highest BCUT2D eigenvalue weighted by molar-refractivity contribution is 7.89. The van der Waals surface area contributed by atoms with Crippen LogP contribution in [0, 0.1) is 5.82 Å². The third-order valence-corrected chi connectivity index (χ3v) is 7.42. The molecule has 2 aromatic carbocycles. The molecular weight excluding hydrogens is 514 g/mol. The molecule has 0 atom stereocenters. The molecule has 2 aromatic heterocycles. The number of halogens is 4. The number of carbonyl (C=O) groups excluding carboxylic acids is 1. The number of likely N-dealkylation sites (N-methyl/N-ethyl adjacent to an activating group) is 1. The van der Waals surface area contributed by atoms with Crippen LogP contribution in [-0.4, -0.2) is 41.6 Å². The molecule has 0 amide bonds. The third-order valence-electron chi connectivity index (χ3n) is 5.65. The van der Waals surface area contributed by atoms with Crippen LogP contribution in [0.2, 0.25) is 0 Å². The summed E-state index contributed by atoms with van der Waals surface area (Å²) in [5.41, 5.74) is 0.752. The van der Waals surface area contributed by atoms with E-state index in [0.29, 0.717) is 17.0 Å². The van der Waals surface area contributed by atoms with Crippen LogP contribution in [0.4, 0.5) is 17.6 Å². The molecule has 4 aromatic rings. The number of benzene rings is 2. The molecule has 0 bridgehead atoms. The fourth-order valence-electron chi connectivity index (χ4n) is 3.68. The zero-order valence-corrected chi connectivity index (χ0v) is 20.3. The molecule has 12 heteroatoms. The minimum absolute atomic E-state index is 0.00502. The number of nitrogens with zero attached hydrogens (tertiary/aromatic N) is 3. The molecule has 194 valence electrons. The van der Waals surface area contributed by atoms with E-state index in [1.54, 1.807) is 13.0 Å². The van der Waals surface area contributed by atoms with Gasteiger partial charge in [-0.3, -0.25) is 4.79 Å². The van der Waals surface area contributed by atoms with E-state index in [0.717, 1.165) is 28.6 Å². The second kappa shape index (κ2) is 10.4. The summed E-state index contributed by atoms with van der Waals surface area (Å²) in [5.74, 6) is -0.909. The standard InChI is InChI=1S/C25H21F4N3O4S/c1-2-32(37(34,35)24-12-17-11-19(26)7-10-23(17)36-24)14-21(33)9-8-20-13-22(31-15-30-20)16-3-5-18(6-4-16)25(27,28)29/h3-7,10-13,15H,2,8-9,14H2,1H3. The Morgan fingerprint density at radius 3 is 2.43 bits per heavy atom. The minimum Gasteiger partial charge on any atom is -0.443 e. The Bertz CT molecular complexity index is 1530. The lowest BCUT2D eigenvalue weighted by Crippen LogP contribution is -2.35. The SMILES string of the molecule is CCN(CC(=O)CCc1cc(-c2ccc(C(F)(F)F)cc2)ncn1)S(=O)(=O)c1cc2cc(F)ccc2o1. The Morgan fingerprint density at radius 1 is 1.03 bits per heavy atom. The highest BCUT2D eigenvalue weighted by Crippen LogP contribution is 2.31. The number of furan rings is 1. The summed E-state index contributed by atoms with van der Waals surface area (Å²) in [4.78, 5) is 20.8. The molecule has 2 heterocycles. The number of fused-ring (bicyclic) bond motifs is 1. The van der Waals surface area contributed by atoms with Crippen LogP contribution in [-0.2, 0) is 27.4 Å². The van der Waals surface area contributed by atoms with Crippen LogP contribution < -0.4 is 0 Å². The maximum atomic E-state index is 13.4. The molecule has 0 aliphatic heterocycles.